The van der Waals surface area contributed by atoms with Gasteiger partial charge < -0.3 is 4.90 Å². The second-order valence-electron chi connectivity index (χ2n) is 4.25. The summed E-state index contributed by atoms with van der Waals surface area (Å²) in [5, 5.41) is 0.575. The highest BCUT2D eigenvalue weighted by molar-refractivity contribution is 9.09. The molecule has 1 rings (SSSR count). The van der Waals surface area contributed by atoms with Crippen LogP contribution in [0.25, 0.3) is 0 Å². The summed E-state index contributed by atoms with van der Waals surface area (Å²) >= 11 is 3.27. The summed E-state index contributed by atoms with van der Waals surface area (Å²) in [5.41, 5.74) is -0.463. The maximum atomic E-state index is 13.7. The molecule has 5 heteroatoms. The van der Waals surface area contributed by atoms with Crippen molar-refractivity contribution in [3.8, 4) is 0 Å². The van der Waals surface area contributed by atoms with Crippen molar-refractivity contribution in [2.45, 2.75) is 32.7 Å². The lowest BCUT2D eigenvalue weighted by atomic mass is 10.1. The standard InChI is InChI=1S/C14H18BrF2NO/c1-3-10(4-2)18(9-8-15)14(19)13-11(16)6-5-7-12(13)17/h5-7,10H,3-4,8-9H2,1-2H3. The third-order valence-corrected chi connectivity index (χ3v) is 3.50. The molecular weight excluding hydrogens is 316 g/mol. The van der Waals surface area contributed by atoms with Gasteiger partial charge in [-0.1, -0.05) is 35.8 Å². The minimum absolute atomic E-state index is 0.0101. The topological polar surface area (TPSA) is 20.3 Å². The van der Waals surface area contributed by atoms with Gasteiger partial charge in [-0.2, -0.15) is 0 Å². The molecule has 0 spiro atoms. The molecule has 0 radical (unpaired) electrons. The maximum Gasteiger partial charge on any atom is 0.260 e. The van der Waals surface area contributed by atoms with Crippen molar-refractivity contribution in [3.63, 3.8) is 0 Å². The van der Waals surface area contributed by atoms with Gasteiger partial charge in [-0.25, -0.2) is 8.78 Å². The third kappa shape index (κ3) is 3.75. The van der Waals surface area contributed by atoms with Gasteiger partial charge in [0.1, 0.15) is 17.2 Å². The Kier molecular flexibility index (Phi) is 6.42. The first kappa shape index (κ1) is 16.1. The normalized spacial score (nSPS) is 10.8. The summed E-state index contributed by atoms with van der Waals surface area (Å²) in [5.74, 6) is -2.20. The van der Waals surface area contributed by atoms with E-state index in [1.165, 1.54) is 11.0 Å². The molecule has 0 heterocycles. The van der Waals surface area contributed by atoms with Crippen molar-refractivity contribution >= 4 is 21.8 Å². The molecule has 106 valence electrons. The first-order chi connectivity index (χ1) is 9.06. The van der Waals surface area contributed by atoms with Crippen LogP contribution in [0.3, 0.4) is 0 Å². The smallest absolute Gasteiger partial charge is 0.260 e. The fraction of sp³-hybridized carbons (Fsp3) is 0.500. The Morgan fingerprint density at radius 1 is 1.26 bits per heavy atom. The van der Waals surface area contributed by atoms with E-state index < -0.39 is 23.1 Å². The molecule has 0 bridgehead atoms. The van der Waals surface area contributed by atoms with Crippen LogP contribution in [0.1, 0.15) is 37.0 Å². The number of alkyl halides is 1. The van der Waals surface area contributed by atoms with Gasteiger partial charge in [0, 0.05) is 17.9 Å². The summed E-state index contributed by atoms with van der Waals surface area (Å²) in [6, 6.07) is 3.46. The molecule has 2 nitrogen and oxygen atoms in total. The zero-order valence-electron chi connectivity index (χ0n) is 11.1. The Morgan fingerprint density at radius 3 is 2.21 bits per heavy atom. The molecule has 0 aliphatic rings. The molecule has 0 unspecified atom stereocenters. The molecule has 19 heavy (non-hydrogen) atoms. The number of carbonyl (C=O) groups excluding carboxylic acids is 1. The lowest BCUT2D eigenvalue weighted by Gasteiger charge is -2.30. The number of hydrogen-bond donors (Lipinski definition) is 0. The zero-order valence-corrected chi connectivity index (χ0v) is 12.7. The summed E-state index contributed by atoms with van der Waals surface area (Å²) in [6.07, 6.45) is 1.51. The molecule has 0 saturated carbocycles. The number of benzene rings is 1. The van der Waals surface area contributed by atoms with Crippen molar-refractivity contribution < 1.29 is 13.6 Å². The van der Waals surface area contributed by atoms with E-state index in [0.717, 1.165) is 25.0 Å². The van der Waals surface area contributed by atoms with E-state index in [9.17, 15) is 13.6 Å². The van der Waals surface area contributed by atoms with Crippen LogP contribution in [-0.2, 0) is 0 Å². The van der Waals surface area contributed by atoms with Gasteiger partial charge in [0.2, 0.25) is 0 Å². The van der Waals surface area contributed by atoms with E-state index in [0.29, 0.717) is 11.9 Å². The molecule has 0 aliphatic carbocycles. The van der Waals surface area contributed by atoms with E-state index in [2.05, 4.69) is 15.9 Å². The molecule has 0 aromatic heterocycles. The van der Waals surface area contributed by atoms with Gasteiger partial charge in [-0.05, 0) is 25.0 Å². The number of carbonyl (C=O) groups is 1. The molecular formula is C14H18BrF2NO. The summed E-state index contributed by atoms with van der Waals surface area (Å²) < 4.78 is 27.3. The first-order valence-corrected chi connectivity index (χ1v) is 7.49. The van der Waals surface area contributed by atoms with Gasteiger partial charge in [-0.3, -0.25) is 4.79 Å². The van der Waals surface area contributed by atoms with Crippen molar-refractivity contribution in [3.05, 3.63) is 35.4 Å². The molecule has 0 N–H and O–H groups in total. The molecule has 0 atom stereocenters. The quantitative estimate of drug-likeness (QED) is 0.721. The average molecular weight is 334 g/mol. The second-order valence-corrected chi connectivity index (χ2v) is 5.05. The Labute approximate surface area is 120 Å². The maximum absolute atomic E-state index is 13.7. The van der Waals surface area contributed by atoms with Crippen LogP contribution in [0.2, 0.25) is 0 Å². The number of halogens is 3. The summed E-state index contributed by atoms with van der Waals surface area (Å²) in [7, 11) is 0. The van der Waals surface area contributed by atoms with Gasteiger partial charge in [0.15, 0.2) is 0 Å². The van der Waals surface area contributed by atoms with Gasteiger partial charge in [0.05, 0.1) is 0 Å². The Morgan fingerprint density at radius 2 is 1.79 bits per heavy atom. The van der Waals surface area contributed by atoms with Gasteiger partial charge >= 0.3 is 0 Å². The molecule has 1 amide bonds. The lowest BCUT2D eigenvalue weighted by Crippen LogP contribution is -2.41. The summed E-state index contributed by atoms with van der Waals surface area (Å²) in [6.45, 7) is 4.35. The highest BCUT2D eigenvalue weighted by Crippen LogP contribution is 2.18. The number of nitrogens with zero attached hydrogens (tertiary/aromatic N) is 1. The molecule has 1 aromatic rings. The zero-order chi connectivity index (χ0) is 14.4. The molecule has 0 fully saturated rings. The van der Waals surface area contributed by atoms with Crippen LogP contribution in [0, 0.1) is 11.6 Å². The molecule has 0 saturated heterocycles. The Bertz CT molecular complexity index is 415. The Hall–Kier alpha value is -0.970. The minimum Gasteiger partial charge on any atom is -0.335 e. The monoisotopic (exact) mass is 333 g/mol. The number of hydrogen-bond acceptors (Lipinski definition) is 1. The lowest BCUT2D eigenvalue weighted by molar-refractivity contribution is 0.0673. The third-order valence-electron chi connectivity index (χ3n) is 3.15. The first-order valence-electron chi connectivity index (χ1n) is 6.37. The van der Waals surface area contributed by atoms with Crippen molar-refractivity contribution in [1.29, 1.82) is 0 Å². The highest BCUT2D eigenvalue weighted by atomic mass is 79.9. The van der Waals surface area contributed by atoms with E-state index >= 15 is 0 Å². The number of amides is 1. The fourth-order valence-electron chi connectivity index (χ4n) is 2.12. The molecule has 0 aliphatic heterocycles. The van der Waals surface area contributed by atoms with Crippen LogP contribution in [0.4, 0.5) is 8.78 Å². The molecule has 1 aromatic carbocycles. The van der Waals surface area contributed by atoms with Crippen LogP contribution in [-0.4, -0.2) is 28.7 Å². The van der Waals surface area contributed by atoms with Crippen molar-refractivity contribution in [1.82, 2.24) is 4.90 Å². The van der Waals surface area contributed by atoms with Crippen LogP contribution < -0.4 is 0 Å². The van der Waals surface area contributed by atoms with Gasteiger partial charge in [0.25, 0.3) is 5.91 Å². The van der Waals surface area contributed by atoms with Crippen LogP contribution >= 0.6 is 15.9 Å². The van der Waals surface area contributed by atoms with E-state index in [-0.39, 0.29) is 6.04 Å². The van der Waals surface area contributed by atoms with Crippen molar-refractivity contribution in [2.24, 2.45) is 0 Å². The fourth-order valence-corrected chi connectivity index (χ4v) is 2.50. The largest absolute Gasteiger partial charge is 0.335 e. The predicted molar refractivity (Wildman–Crippen MR) is 75.6 cm³/mol. The summed E-state index contributed by atoms with van der Waals surface area (Å²) in [4.78, 5) is 13.9. The van der Waals surface area contributed by atoms with E-state index in [1.54, 1.807) is 0 Å². The Balaban J connectivity index is 3.12. The number of rotatable bonds is 6. The average Bonchev–Trinajstić information content (AvgIpc) is 2.38. The van der Waals surface area contributed by atoms with Crippen molar-refractivity contribution in [2.75, 3.05) is 11.9 Å². The highest BCUT2D eigenvalue weighted by Gasteiger charge is 2.26. The van der Waals surface area contributed by atoms with Gasteiger partial charge in [-0.15, -0.1) is 0 Å². The van der Waals surface area contributed by atoms with E-state index in [1.807, 2.05) is 13.8 Å². The SMILES string of the molecule is CCC(CC)N(CCBr)C(=O)c1c(F)cccc1F. The van der Waals surface area contributed by atoms with Crippen LogP contribution in [0.5, 0.6) is 0 Å². The minimum atomic E-state index is -0.810. The van der Waals surface area contributed by atoms with Crippen LogP contribution in [0.15, 0.2) is 18.2 Å². The predicted octanol–water partition coefficient (Wildman–Crippen LogP) is 3.99. The van der Waals surface area contributed by atoms with E-state index in [4.69, 9.17) is 0 Å². The second kappa shape index (κ2) is 7.58.